The maximum atomic E-state index is 11.2. The fourth-order valence-corrected chi connectivity index (χ4v) is 1.87. The summed E-state index contributed by atoms with van der Waals surface area (Å²) in [4.78, 5) is 12.4. The molecule has 0 radical (unpaired) electrons. The fraction of sp³-hybridized carbons (Fsp3) is 0.300. The smallest absolute Gasteiger partial charge is 0.177 e. The molecule has 0 aliphatic carbocycles. The number of benzene rings is 1. The van der Waals surface area contributed by atoms with Crippen molar-refractivity contribution in [2.24, 2.45) is 0 Å². The van der Waals surface area contributed by atoms with Gasteiger partial charge in [0, 0.05) is 10.5 Å². The molecule has 0 aromatic heterocycles. The van der Waals surface area contributed by atoms with Gasteiger partial charge in [-0.15, -0.1) is 23.4 Å². The van der Waals surface area contributed by atoms with Crippen molar-refractivity contribution in [3.8, 4) is 0 Å². The highest BCUT2D eigenvalue weighted by Crippen LogP contribution is 2.20. The molecule has 13 heavy (non-hydrogen) atoms. The second-order valence-electron chi connectivity index (χ2n) is 2.74. The number of Topliss-reactive ketones (excluding diaryl/α,β-unsaturated/α-hetero) is 1. The number of thioether (sulfide) groups is 1. The molecule has 0 aliphatic heterocycles. The number of halogens is 1. The molecular weight excluding hydrogens is 204 g/mol. The minimum Gasteiger partial charge on any atom is -0.293 e. The van der Waals surface area contributed by atoms with Gasteiger partial charge in [0.2, 0.25) is 0 Å². The van der Waals surface area contributed by atoms with Gasteiger partial charge in [0.1, 0.15) is 0 Å². The maximum Gasteiger partial charge on any atom is 0.177 e. The highest BCUT2D eigenvalue weighted by atomic mass is 35.5. The van der Waals surface area contributed by atoms with Crippen molar-refractivity contribution in [3.63, 3.8) is 0 Å². The molecule has 1 nitrogen and oxygen atoms in total. The number of carbonyl (C=O) groups is 1. The number of hydrogen-bond acceptors (Lipinski definition) is 2. The quantitative estimate of drug-likeness (QED) is 0.437. The zero-order chi connectivity index (χ0) is 9.84. The zero-order valence-electron chi connectivity index (χ0n) is 7.63. The van der Waals surface area contributed by atoms with E-state index in [-0.39, 0.29) is 11.7 Å². The molecule has 3 heteroatoms. The molecule has 1 aromatic rings. The average Bonchev–Trinajstić information content (AvgIpc) is 2.16. The van der Waals surface area contributed by atoms with E-state index in [1.807, 2.05) is 31.4 Å². The van der Waals surface area contributed by atoms with Gasteiger partial charge in [0.15, 0.2) is 5.78 Å². The second kappa shape index (κ2) is 4.68. The molecule has 70 valence electrons. The molecule has 0 saturated carbocycles. The van der Waals surface area contributed by atoms with Crippen molar-refractivity contribution in [2.45, 2.75) is 11.8 Å². The molecule has 0 fully saturated rings. The summed E-state index contributed by atoms with van der Waals surface area (Å²) in [5.74, 6) is 0.0373. The van der Waals surface area contributed by atoms with Crippen LogP contribution in [0.4, 0.5) is 0 Å². The van der Waals surface area contributed by atoms with Gasteiger partial charge in [0.25, 0.3) is 0 Å². The van der Waals surface area contributed by atoms with Gasteiger partial charge in [-0.25, -0.2) is 0 Å². The minimum atomic E-state index is -0.0163. The summed E-state index contributed by atoms with van der Waals surface area (Å²) in [6, 6.07) is 5.67. The predicted octanol–water partition coefficient (Wildman–Crippen LogP) is 3.14. The van der Waals surface area contributed by atoms with Crippen LogP contribution < -0.4 is 0 Å². The third kappa shape index (κ3) is 2.48. The Labute approximate surface area is 87.5 Å². The van der Waals surface area contributed by atoms with Gasteiger partial charge in [-0.1, -0.05) is 6.07 Å². The number of hydrogen-bond donors (Lipinski definition) is 0. The number of ketones is 1. The van der Waals surface area contributed by atoms with Crippen LogP contribution in [0.5, 0.6) is 0 Å². The van der Waals surface area contributed by atoms with Crippen molar-refractivity contribution < 1.29 is 4.79 Å². The molecule has 1 rings (SSSR count). The van der Waals surface area contributed by atoms with E-state index in [4.69, 9.17) is 11.6 Å². The molecule has 0 amide bonds. The molecule has 0 unspecified atom stereocenters. The topological polar surface area (TPSA) is 17.1 Å². The van der Waals surface area contributed by atoms with Crippen LogP contribution in [0.25, 0.3) is 0 Å². The van der Waals surface area contributed by atoms with Crippen LogP contribution in [-0.4, -0.2) is 17.9 Å². The summed E-state index contributed by atoms with van der Waals surface area (Å²) in [5.41, 5.74) is 1.83. The standard InChI is InChI=1S/C10H11ClOS/c1-7-5-8(9(12)6-11)3-4-10(7)13-2/h3-5H,6H2,1-2H3. The lowest BCUT2D eigenvalue weighted by Gasteiger charge is -2.03. The lowest BCUT2D eigenvalue weighted by Crippen LogP contribution is -2.00. The number of alkyl halides is 1. The normalized spacial score (nSPS) is 10.1. The van der Waals surface area contributed by atoms with Crippen molar-refractivity contribution in [1.82, 2.24) is 0 Å². The Morgan fingerprint density at radius 2 is 2.23 bits per heavy atom. The van der Waals surface area contributed by atoms with Gasteiger partial charge in [0.05, 0.1) is 5.88 Å². The summed E-state index contributed by atoms with van der Waals surface area (Å²) >= 11 is 7.14. The first-order chi connectivity index (χ1) is 6.19. The summed E-state index contributed by atoms with van der Waals surface area (Å²) in [7, 11) is 0. The Hall–Kier alpha value is -0.470. The molecule has 0 N–H and O–H groups in total. The Morgan fingerprint density at radius 3 is 2.69 bits per heavy atom. The van der Waals surface area contributed by atoms with E-state index in [2.05, 4.69) is 0 Å². The molecule has 0 saturated heterocycles. The summed E-state index contributed by atoms with van der Waals surface area (Å²) < 4.78 is 0. The Balaban J connectivity index is 3.02. The Kier molecular flexibility index (Phi) is 3.82. The van der Waals surface area contributed by atoms with E-state index < -0.39 is 0 Å². The van der Waals surface area contributed by atoms with E-state index in [1.165, 1.54) is 4.90 Å². The van der Waals surface area contributed by atoms with Crippen molar-refractivity contribution >= 4 is 29.1 Å². The minimum absolute atomic E-state index is 0.0163. The van der Waals surface area contributed by atoms with E-state index >= 15 is 0 Å². The van der Waals surface area contributed by atoms with E-state index in [0.717, 1.165) is 5.56 Å². The molecule has 0 heterocycles. The van der Waals surface area contributed by atoms with Crippen LogP contribution in [0.15, 0.2) is 23.1 Å². The van der Waals surface area contributed by atoms with Crippen LogP contribution in [0, 0.1) is 6.92 Å². The SMILES string of the molecule is CSc1ccc(C(=O)CCl)cc1C. The summed E-state index contributed by atoms with van der Waals surface area (Å²) in [6.45, 7) is 2.00. The summed E-state index contributed by atoms with van der Waals surface area (Å²) in [6.07, 6.45) is 2.02. The first-order valence-electron chi connectivity index (χ1n) is 3.93. The molecule has 1 aromatic carbocycles. The molecule has 0 atom stereocenters. The first-order valence-corrected chi connectivity index (χ1v) is 5.68. The molecule has 0 bridgehead atoms. The summed E-state index contributed by atoms with van der Waals surface area (Å²) in [5, 5.41) is 0. The highest BCUT2D eigenvalue weighted by molar-refractivity contribution is 7.98. The lowest BCUT2D eigenvalue weighted by molar-refractivity contribution is 0.102. The van der Waals surface area contributed by atoms with Gasteiger partial charge in [-0.2, -0.15) is 0 Å². The van der Waals surface area contributed by atoms with Crippen molar-refractivity contribution in [3.05, 3.63) is 29.3 Å². The zero-order valence-corrected chi connectivity index (χ0v) is 9.21. The fourth-order valence-electron chi connectivity index (χ4n) is 1.13. The van der Waals surface area contributed by atoms with Crippen LogP contribution in [0.1, 0.15) is 15.9 Å². The van der Waals surface area contributed by atoms with Gasteiger partial charge < -0.3 is 0 Å². The Morgan fingerprint density at radius 1 is 1.54 bits per heavy atom. The van der Waals surface area contributed by atoms with Gasteiger partial charge in [-0.3, -0.25) is 4.79 Å². The molecular formula is C10H11ClOS. The highest BCUT2D eigenvalue weighted by Gasteiger charge is 2.05. The Bertz CT molecular complexity index is 323. The second-order valence-corrected chi connectivity index (χ2v) is 3.86. The van der Waals surface area contributed by atoms with Crippen LogP contribution >= 0.6 is 23.4 Å². The first kappa shape index (κ1) is 10.6. The number of aryl methyl sites for hydroxylation is 1. The monoisotopic (exact) mass is 214 g/mol. The van der Waals surface area contributed by atoms with Crippen molar-refractivity contribution in [1.29, 1.82) is 0 Å². The van der Waals surface area contributed by atoms with E-state index in [9.17, 15) is 4.79 Å². The molecule has 0 spiro atoms. The average molecular weight is 215 g/mol. The van der Waals surface area contributed by atoms with Gasteiger partial charge in [-0.05, 0) is 30.9 Å². The van der Waals surface area contributed by atoms with Crippen LogP contribution in [0.2, 0.25) is 0 Å². The molecule has 0 aliphatic rings. The van der Waals surface area contributed by atoms with E-state index in [0.29, 0.717) is 5.56 Å². The maximum absolute atomic E-state index is 11.2. The third-order valence-electron chi connectivity index (χ3n) is 1.84. The van der Waals surface area contributed by atoms with Crippen molar-refractivity contribution in [2.75, 3.05) is 12.1 Å². The van der Waals surface area contributed by atoms with Gasteiger partial charge >= 0.3 is 0 Å². The lowest BCUT2D eigenvalue weighted by atomic mass is 10.1. The predicted molar refractivity (Wildman–Crippen MR) is 58.0 cm³/mol. The van der Waals surface area contributed by atoms with Crippen LogP contribution in [-0.2, 0) is 0 Å². The largest absolute Gasteiger partial charge is 0.293 e. The number of rotatable bonds is 3. The van der Waals surface area contributed by atoms with Crippen LogP contribution in [0.3, 0.4) is 0 Å². The number of carbonyl (C=O) groups excluding carboxylic acids is 1. The van der Waals surface area contributed by atoms with E-state index in [1.54, 1.807) is 11.8 Å². The third-order valence-corrected chi connectivity index (χ3v) is 2.98.